The van der Waals surface area contributed by atoms with Crippen LogP contribution < -0.4 is 48.5 Å². The topological polar surface area (TPSA) is 243 Å². The Kier molecular flexibility index (Phi) is 26.4. The highest BCUT2D eigenvalue weighted by atomic mass is 35.5. The van der Waals surface area contributed by atoms with Crippen LogP contribution in [0.1, 0.15) is 87.7 Å². The van der Waals surface area contributed by atoms with E-state index in [0.29, 0.717) is 123 Å². The number of nitrogens with one attached hydrogen (secondary N) is 5. The maximum Gasteiger partial charge on any atom is 0.323 e. The molecular weight excluding hydrogens is 1480 g/mol. The third kappa shape index (κ3) is 21.2. The molecule has 10 aromatic carbocycles. The average molecular weight is 1570 g/mol. The van der Waals surface area contributed by atoms with Crippen LogP contribution in [0, 0.1) is 12.8 Å². The molecule has 3 heterocycles. The van der Waals surface area contributed by atoms with Gasteiger partial charge in [0.25, 0.3) is 0 Å². The molecule has 556 valence electrons. The summed E-state index contributed by atoms with van der Waals surface area (Å²) in [6.45, 7) is 6.07. The van der Waals surface area contributed by atoms with Gasteiger partial charge in [-0.25, -0.2) is 9.59 Å². The van der Waals surface area contributed by atoms with Gasteiger partial charge in [-0.1, -0.05) is 191 Å². The molecule has 3 aliphatic heterocycles. The molecule has 4 aliphatic rings. The standard InChI is InChI=1S/C31H28Cl2N4O2.C30H26Cl2N4O3.C24H29Cl2N3O/c1-19-2-4-20(5-3-19)21-7-11-26(12-8-21)35-31(39)36-27-13-9-23-17-37(18-24(23)14-27)30(38)29(34)15-22-6-10-25(32)16-28(22)33;31-22-11-9-19(27(32)15-22)14-28(33)29(37)36-17-20-10-12-24(13-21(20)18-36)35-30(38)34-23-5-4-8-26(16-23)39-25-6-2-1-3-7-25;25-20-8-6-17(22(26)12-20)11-23(27)24(30)29-14-18-7-9-21(10-19(18)15-29)28-13-16-4-2-1-3-5-16/h2-14,16,29H,15,17-18,34H2,1H3,(H2,35,36,39);1-13,15-16,28H,14,17-18,33H2,(H2,34,35,38);6-10,12,16,23,28H,1-5,11,13-15,27H2. The van der Waals surface area contributed by atoms with Gasteiger partial charge in [0, 0.05) is 110 Å². The van der Waals surface area contributed by atoms with E-state index in [4.69, 9.17) is 91.5 Å². The van der Waals surface area contributed by atoms with Gasteiger partial charge in [-0.15, -0.1) is 0 Å². The number of para-hydroxylation sites is 1. The van der Waals surface area contributed by atoms with Gasteiger partial charge in [-0.3, -0.25) is 14.4 Å². The summed E-state index contributed by atoms with van der Waals surface area (Å²) in [5, 5.41) is 18.2. The lowest BCUT2D eigenvalue weighted by atomic mass is 9.89. The van der Waals surface area contributed by atoms with Gasteiger partial charge >= 0.3 is 12.1 Å². The van der Waals surface area contributed by atoms with E-state index >= 15 is 0 Å². The molecule has 0 radical (unpaired) electrons. The molecule has 0 saturated heterocycles. The smallest absolute Gasteiger partial charge is 0.323 e. The number of hydrogen-bond donors (Lipinski definition) is 8. The monoisotopic (exact) mass is 1560 g/mol. The molecule has 1 saturated carbocycles. The minimum absolute atomic E-state index is 0.0473. The van der Waals surface area contributed by atoms with Crippen LogP contribution in [0.4, 0.5) is 38.0 Å². The number of nitrogens with two attached hydrogens (primary N) is 3. The Morgan fingerprint density at radius 2 is 0.759 bits per heavy atom. The summed E-state index contributed by atoms with van der Waals surface area (Å²) in [5.74, 6) is 1.73. The Balaban J connectivity index is 0.000000153. The molecule has 11 N–H and O–H groups in total. The van der Waals surface area contributed by atoms with Crippen molar-refractivity contribution >= 4 is 128 Å². The van der Waals surface area contributed by atoms with Gasteiger partial charge in [-0.2, -0.15) is 0 Å². The molecule has 0 spiro atoms. The van der Waals surface area contributed by atoms with Crippen molar-refractivity contribution in [1.82, 2.24) is 14.7 Å². The van der Waals surface area contributed by atoms with Gasteiger partial charge < -0.3 is 63.2 Å². The van der Waals surface area contributed by atoms with Crippen molar-refractivity contribution in [3.05, 3.63) is 298 Å². The number of urea groups is 2. The van der Waals surface area contributed by atoms with Crippen molar-refractivity contribution in [3.63, 3.8) is 0 Å². The summed E-state index contributed by atoms with van der Waals surface area (Å²) >= 11 is 36.6. The lowest BCUT2D eigenvalue weighted by molar-refractivity contribution is -0.133. The van der Waals surface area contributed by atoms with Crippen molar-refractivity contribution < 1.29 is 28.7 Å². The van der Waals surface area contributed by atoms with Crippen molar-refractivity contribution in [2.45, 2.75) is 116 Å². The fourth-order valence-electron chi connectivity index (χ4n) is 13.6. The average Bonchev–Trinajstić information content (AvgIpc) is 1.67. The predicted octanol–water partition coefficient (Wildman–Crippen LogP) is 19.3. The fraction of sp³-hybridized carbons (Fsp3) is 0.235. The largest absolute Gasteiger partial charge is 0.457 e. The van der Waals surface area contributed by atoms with E-state index in [-0.39, 0.29) is 29.8 Å². The Morgan fingerprint density at radius 1 is 0.389 bits per heavy atom. The maximum absolute atomic E-state index is 13.0. The number of halogens is 6. The molecule has 1 aliphatic carbocycles. The number of ether oxygens (including phenoxy) is 1. The minimum atomic E-state index is -0.733. The first-order chi connectivity index (χ1) is 52.1. The summed E-state index contributed by atoms with van der Waals surface area (Å²) in [6, 6.07) is 63.1. The number of carbonyl (C=O) groups excluding carboxylic acids is 5. The molecule has 0 bridgehead atoms. The fourth-order valence-corrected chi connectivity index (χ4v) is 15.1. The summed E-state index contributed by atoms with van der Waals surface area (Å²) in [7, 11) is 0. The second-order valence-corrected chi connectivity index (χ2v) is 30.1. The van der Waals surface area contributed by atoms with E-state index < -0.39 is 18.1 Å². The molecular formula is C85H83Cl6N11O6. The van der Waals surface area contributed by atoms with Gasteiger partial charge in [0.15, 0.2) is 0 Å². The van der Waals surface area contributed by atoms with Crippen molar-refractivity contribution in [2.24, 2.45) is 23.1 Å². The maximum atomic E-state index is 13.0. The van der Waals surface area contributed by atoms with Crippen LogP contribution in [0.25, 0.3) is 11.1 Å². The van der Waals surface area contributed by atoms with Crippen LogP contribution in [0.3, 0.4) is 0 Å². The first-order valence-corrected chi connectivity index (χ1v) is 38.1. The lowest BCUT2D eigenvalue weighted by Crippen LogP contribution is -2.42. The zero-order valence-electron chi connectivity index (χ0n) is 59.4. The number of nitrogens with zero attached hydrogens (tertiary/aromatic N) is 3. The Morgan fingerprint density at radius 3 is 1.19 bits per heavy atom. The Labute approximate surface area is 659 Å². The number of hydrogen-bond acceptors (Lipinski definition) is 10. The normalized spacial score (nSPS) is 14.3. The molecule has 0 aromatic heterocycles. The van der Waals surface area contributed by atoms with Gasteiger partial charge in [0.2, 0.25) is 17.7 Å². The molecule has 3 unspecified atom stereocenters. The molecule has 1 fully saturated rings. The number of carbonyl (C=O) groups is 5. The molecule has 23 heteroatoms. The quantitative estimate of drug-likeness (QED) is 0.0381. The first kappa shape index (κ1) is 78.0. The molecule has 108 heavy (non-hydrogen) atoms. The molecule has 10 aromatic rings. The minimum Gasteiger partial charge on any atom is -0.457 e. The molecule has 17 nitrogen and oxygen atoms in total. The van der Waals surface area contributed by atoms with Crippen LogP contribution in [-0.2, 0) is 72.9 Å². The summed E-state index contributed by atoms with van der Waals surface area (Å²) in [6.07, 6.45) is 7.78. The number of anilines is 5. The van der Waals surface area contributed by atoms with Crippen LogP contribution in [0.5, 0.6) is 11.5 Å². The number of aryl methyl sites for hydroxylation is 1. The van der Waals surface area contributed by atoms with Crippen LogP contribution in [0.15, 0.2) is 212 Å². The highest BCUT2D eigenvalue weighted by Gasteiger charge is 2.32. The van der Waals surface area contributed by atoms with Crippen molar-refractivity contribution in [2.75, 3.05) is 33.1 Å². The summed E-state index contributed by atoms with van der Waals surface area (Å²) in [4.78, 5) is 69.6. The number of benzene rings is 10. The first-order valence-electron chi connectivity index (χ1n) is 35.8. The van der Waals surface area contributed by atoms with E-state index in [9.17, 15) is 24.0 Å². The number of amides is 7. The van der Waals surface area contributed by atoms with Gasteiger partial charge in [0.05, 0.1) is 18.1 Å². The number of rotatable bonds is 19. The van der Waals surface area contributed by atoms with Crippen molar-refractivity contribution in [3.8, 4) is 22.6 Å². The predicted molar refractivity (Wildman–Crippen MR) is 436 cm³/mol. The highest BCUT2D eigenvalue weighted by Crippen LogP contribution is 2.34. The second kappa shape index (κ2) is 36.5. The van der Waals surface area contributed by atoms with E-state index in [1.165, 1.54) is 48.8 Å². The van der Waals surface area contributed by atoms with Crippen molar-refractivity contribution in [1.29, 1.82) is 0 Å². The van der Waals surface area contributed by atoms with Gasteiger partial charge in [-0.05, 0) is 215 Å². The van der Waals surface area contributed by atoms with Gasteiger partial charge in [0.1, 0.15) is 11.5 Å². The van der Waals surface area contributed by atoms with Crippen LogP contribution in [0.2, 0.25) is 30.1 Å². The van der Waals surface area contributed by atoms with Crippen LogP contribution in [-0.4, -0.2) is 69.2 Å². The zero-order valence-corrected chi connectivity index (χ0v) is 63.9. The lowest BCUT2D eigenvalue weighted by Gasteiger charge is -2.22. The highest BCUT2D eigenvalue weighted by molar-refractivity contribution is 6.36. The van der Waals surface area contributed by atoms with E-state index in [1.807, 2.05) is 108 Å². The third-order valence-electron chi connectivity index (χ3n) is 19.5. The van der Waals surface area contributed by atoms with Crippen LogP contribution >= 0.6 is 69.6 Å². The third-order valence-corrected chi connectivity index (χ3v) is 21.2. The summed E-state index contributed by atoms with van der Waals surface area (Å²) < 4.78 is 5.83. The summed E-state index contributed by atoms with van der Waals surface area (Å²) in [5.41, 5.74) is 34.6. The SMILES string of the molecule is Cc1ccc(-c2ccc(NC(=O)Nc3ccc4c(c3)CN(C(=O)C(N)Cc3ccc(Cl)cc3Cl)C4)cc2)cc1.NC(Cc1ccc(Cl)cc1Cl)C(=O)N1Cc2ccc(NC(=O)Nc3cccc(Oc4ccccc4)c3)cc2C1.NC(Cc1ccc(Cl)cc1Cl)C(=O)N1Cc2ccc(NCC3CCCCC3)cc2C1. The Bertz CT molecular complexity index is 4900. The van der Waals surface area contributed by atoms with E-state index in [1.54, 1.807) is 76.5 Å². The number of fused-ring (bicyclic) bond motifs is 3. The van der Waals surface area contributed by atoms with E-state index in [0.717, 1.165) is 68.2 Å². The van der Waals surface area contributed by atoms with E-state index in [2.05, 4.69) is 76.0 Å². The second-order valence-electron chi connectivity index (χ2n) is 27.6. The Hall–Kier alpha value is -9.63. The molecule has 14 rings (SSSR count). The zero-order chi connectivity index (χ0) is 76.0. The molecule has 3 atom stereocenters. The molecule has 7 amide bonds.